The Labute approximate surface area is 97.0 Å². The molecule has 0 spiro atoms. The topological polar surface area (TPSA) is 41.6 Å². The highest BCUT2D eigenvalue weighted by Gasteiger charge is 2.14. The highest BCUT2D eigenvalue weighted by molar-refractivity contribution is 5.78. The van der Waals surface area contributed by atoms with Crippen LogP contribution in [0.5, 0.6) is 0 Å². The van der Waals surface area contributed by atoms with Crippen LogP contribution in [0.4, 0.5) is 0 Å². The summed E-state index contributed by atoms with van der Waals surface area (Å²) in [5, 5.41) is 0. The molecule has 86 valence electrons. The van der Waals surface area contributed by atoms with Crippen LogP contribution in [0.25, 0.3) is 0 Å². The Balaban J connectivity index is 2.19. The maximum Gasteiger partial charge on any atom is 0.191 e. The average molecular weight is 217 g/mol. The van der Waals surface area contributed by atoms with E-state index in [4.69, 9.17) is 5.73 Å². The van der Waals surface area contributed by atoms with Crippen molar-refractivity contribution < 1.29 is 0 Å². The summed E-state index contributed by atoms with van der Waals surface area (Å²) in [5.41, 5.74) is 8.80. The lowest BCUT2D eigenvalue weighted by atomic mass is 10.0. The van der Waals surface area contributed by atoms with E-state index in [2.05, 4.69) is 34.2 Å². The highest BCUT2D eigenvalue weighted by Crippen LogP contribution is 2.17. The molecular formula is C13H19N3. The van der Waals surface area contributed by atoms with E-state index in [0.717, 1.165) is 32.5 Å². The summed E-state index contributed by atoms with van der Waals surface area (Å²) in [7, 11) is 0. The Morgan fingerprint density at radius 1 is 1.38 bits per heavy atom. The first-order valence-corrected chi connectivity index (χ1v) is 5.93. The van der Waals surface area contributed by atoms with Gasteiger partial charge in [-0.25, -0.2) is 0 Å². The van der Waals surface area contributed by atoms with Crippen molar-refractivity contribution in [1.29, 1.82) is 0 Å². The Hall–Kier alpha value is -1.51. The third kappa shape index (κ3) is 2.35. The van der Waals surface area contributed by atoms with Gasteiger partial charge >= 0.3 is 0 Å². The molecular weight excluding hydrogens is 198 g/mol. The van der Waals surface area contributed by atoms with Crippen molar-refractivity contribution in [2.45, 2.75) is 26.3 Å². The molecule has 1 aromatic rings. The molecule has 0 unspecified atom stereocenters. The van der Waals surface area contributed by atoms with Gasteiger partial charge in [0.25, 0.3) is 0 Å². The van der Waals surface area contributed by atoms with Crippen LogP contribution in [0, 0.1) is 0 Å². The fourth-order valence-electron chi connectivity index (χ4n) is 2.16. The lowest BCUT2D eigenvalue weighted by Crippen LogP contribution is -2.37. The fourth-order valence-corrected chi connectivity index (χ4v) is 2.16. The summed E-state index contributed by atoms with van der Waals surface area (Å²) in [5.74, 6) is 0.680. The molecule has 2 N–H and O–H groups in total. The molecule has 0 bridgehead atoms. The van der Waals surface area contributed by atoms with Crippen LogP contribution in [0.3, 0.4) is 0 Å². The van der Waals surface area contributed by atoms with Crippen molar-refractivity contribution in [3.8, 4) is 0 Å². The number of fused-ring (bicyclic) bond motifs is 1. The Kier molecular flexibility index (Phi) is 3.44. The molecule has 1 aliphatic heterocycles. The van der Waals surface area contributed by atoms with Crippen molar-refractivity contribution >= 4 is 5.96 Å². The van der Waals surface area contributed by atoms with Crippen molar-refractivity contribution in [2.75, 3.05) is 13.1 Å². The number of hydrogen-bond acceptors (Lipinski definition) is 1. The minimum atomic E-state index is 0.680. The highest BCUT2D eigenvalue weighted by atomic mass is 15.2. The molecule has 0 fully saturated rings. The normalized spacial score (nSPS) is 16.8. The van der Waals surface area contributed by atoms with E-state index in [9.17, 15) is 0 Å². The monoisotopic (exact) mass is 217 g/mol. The van der Waals surface area contributed by atoms with Gasteiger partial charge in [0.1, 0.15) is 0 Å². The minimum absolute atomic E-state index is 0.680. The minimum Gasteiger partial charge on any atom is -0.370 e. The lowest BCUT2D eigenvalue weighted by Gasteiger charge is -2.21. The summed E-state index contributed by atoms with van der Waals surface area (Å²) in [4.78, 5) is 6.46. The fraction of sp³-hybridized carbons (Fsp3) is 0.462. The van der Waals surface area contributed by atoms with Crippen LogP contribution in [0.15, 0.2) is 29.3 Å². The van der Waals surface area contributed by atoms with Gasteiger partial charge in [0, 0.05) is 19.6 Å². The van der Waals surface area contributed by atoms with Gasteiger partial charge in [0.2, 0.25) is 0 Å². The van der Waals surface area contributed by atoms with Gasteiger partial charge in [0.05, 0.1) is 0 Å². The molecule has 1 aromatic carbocycles. The first-order chi connectivity index (χ1) is 7.81. The standard InChI is InChI=1S/C13H19N3/c1-2-15-13(14)16-9-5-8-11-6-3-4-7-12(11)10-16/h3-4,6-7H,2,5,8-10H2,1H3,(H2,14,15). The van der Waals surface area contributed by atoms with E-state index in [1.54, 1.807) is 0 Å². The number of aliphatic imine (C=N–C) groups is 1. The third-order valence-electron chi connectivity index (χ3n) is 3.00. The van der Waals surface area contributed by atoms with Crippen LogP contribution in [-0.4, -0.2) is 23.9 Å². The van der Waals surface area contributed by atoms with Crippen LogP contribution >= 0.6 is 0 Å². The van der Waals surface area contributed by atoms with Crippen molar-refractivity contribution in [2.24, 2.45) is 10.7 Å². The molecule has 0 radical (unpaired) electrons. The molecule has 0 aliphatic carbocycles. The van der Waals surface area contributed by atoms with Gasteiger partial charge in [0.15, 0.2) is 5.96 Å². The molecule has 0 atom stereocenters. The second-order valence-electron chi connectivity index (χ2n) is 4.13. The number of rotatable bonds is 1. The van der Waals surface area contributed by atoms with Crippen molar-refractivity contribution in [3.63, 3.8) is 0 Å². The van der Waals surface area contributed by atoms with Gasteiger partial charge in [-0.2, -0.15) is 0 Å². The second-order valence-corrected chi connectivity index (χ2v) is 4.13. The number of aryl methyl sites for hydroxylation is 1. The number of benzene rings is 1. The Bertz CT molecular complexity index is 385. The van der Waals surface area contributed by atoms with Crippen LogP contribution in [0.1, 0.15) is 24.5 Å². The van der Waals surface area contributed by atoms with Gasteiger partial charge in [-0.05, 0) is 30.9 Å². The lowest BCUT2D eigenvalue weighted by molar-refractivity contribution is 0.411. The summed E-state index contributed by atoms with van der Waals surface area (Å²) in [6.07, 6.45) is 2.29. The Morgan fingerprint density at radius 3 is 2.88 bits per heavy atom. The van der Waals surface area contributed by atoms with Crippen LogP contribution in [-0.2, 0) is 13.0 Å². The quantitative estimate of drug-likeness (QED) is 0.575. The first-order valence-electron chi connectivity index (χ1n) is 5.93. The van der Waals surface area contributed by atoms with Gasteiger partial charge in [-0.15, -0.1) is 0 Å². The molecule has 1 heterocycles. The van der Waals surface area contributed by atoms with E-state index in [1.807, 2.05) is 6.92 Å². The molecule has 0 saturated heterocycles. The summed E-state index contributed by atoms with van der Waals surface area (Å²) in [6, 6.07) is 8.60. The number of hydrogen-bond donors (Lipinski definition) is 1. The van der Waals surface area contributed by atoms with Crippen molar-refractivity contribution in [3.05, 3.63) is 35.4 Å². The van der Waals surface area contributed by atoms with Crippen molar-refractivity contribution in [1.82, 2.24) is 4.90 Å². The van der Waals surface area contributed by atoms with Gasteiger partial charge in [-0.1, -0.05) is 24.3 Å². The summed E-state index contributed by atoms with van der Waals surface area (Å²) < 4.78 is 0. The third-order valence-corrected chi connectivity index (χ3v) is 3.00. The predicted octanol–water partition coefficient (Wildman–Crippen LogP) is 1.77. The van der Waals surface area contributed by atoms with E-state index in [1.165, 1.54) is 11.1 Å². The average Bonchev–Trinajstić information content (AvgIpc) is 2.51. The van der Waals surface area contributed by atoms with Gasteiger partial charge < -0.3 is 10.6 Å². The maximum atomic E-state index is 5.96. The molecule has 3 heteroatoms. The SMILES string of the molecule is CCN=C(N)N1CCCc2ccccc2C1. The van der Waals surface area contributed by atoms with Crippen LogP contribution in [0.2, 0.25) is 0 Å². The number of nitrogens with two attached hydrogens (primary N) is 1. The zero-order valence-corrected chi connectivity index (χ0v) is 9.82. The van der Waals surface area contributed by atoms with E-state index in [-0.39, 0.29) is 0 Å². The molecule has 16 heavy (non-hydrogen) atoms. The number of guanidine groups is 1. The van der Waals surface area contributed by atoms with E-state index >= 15 is 0 Å². The first kappa shape index (κ1) is 11.0. The zero-order valence-electron chi connectivity index (χ0n) is 9.82. The largest absolute Gasteiger partial charge is 0.370 e. The molecule has 3 nitrogen and oxygen atoms in total. The smallest absolute Gasteiger partial charge is 0.191 e. The van der Waals surface area contributed by atoms with E-state index in [0.29, 0.717) is 5.96 Å². The maximum absolute atomic E-state index is 5.96. The predicted molar refractivity (Wildman–Crippen MR) is 67.3 cm³/mol. The molecule has 0 amide bonds. The second kappa shape index (κ2) is 5.01. The zero-order chi connectivity index (χ0) is 11.4. The molecule has 1 aliphatic rings. The number of nitrogens with zero attached hydrogens (tertiary/aromatic N) is 2. The van der Waals surface area contributed by atoms with Crippen LogP contribution < -0.4 is 5.73 Å². The molecule has 2 rings (SSSR count). The summed E-state index contributed by atoms with van der Waals surface area (Å²) >= 11 is 0. The Morgan fingerprint density at radius 2 is 2.12 bits per heavy atom. The van der Waals surface area contributed by atoms with E-state index < -0.39 is 0 Å². The van der Waals surface area contributed by atoms with Gasteiger partial charge in [-0.3, -0.25) is 4.99 Å². The summed E-state index contributed by atoms with van der Waals surface area (Å²) in [6.45, 7) is 4.66. The molecule has 0 aromatic heterocycles. The molecule has 0 saturated carbocycles.